The van der Waals surface area contributed by atoms with Gasteiger partial charge in [-0.05, 0) is 55.1 Å². The summed E-state index contributed by atoms with van der Waals surface area (Å²) >= 11 is 0. The number of amides is 1. The molecule has 2 heterocycles. The lowest BCUT2D eigenvalue weighted by Gasteiger charge is -2.29. The highest BCUT2D eigenvalue weighted by Crippen LogP contribution is 2.25. The summed E-state index contributed by atoms with van der Waals surface area (Å²) in [6.07, 6.45) is 6.87. The summed E-state index contributed by atoms with van der Waals surface area (Å²) < 4.78 is 0. The molecule has 0 bridgehead atoms. The molecule has 7 heteroatoms. The minimum Gasteiger partial charge on any atom is -0.480 e. The maximum absolute atomic E-state index is 12.7. The number of aromatic nitrogens is 1. The molecule has 1 aliphatic heterocycles. The smallest absolute Gasteiger partial charge is 0.317 e. The molecule has 1 aliphatic rings. The van der Waals surface area contributed by atoms with E-state index < -0.39 is 5.97 Å². The van der Waals surface area contributed by atoms with E-state index in [9.17, 15) is 9.59 Å². The van der Waals surface area contributed by atoms with Crippen LogP contribution in [0, 0.1) is 5.92 Å². The third-order valence-corrected chi connectivity index (χ3v) is 5.28. The Bertz CT molecular complexity index is 1050. The summed E-state index contributed by atoms with van der Waals surface area (Å²) in [6, 6.07) is 7.96. The number of fused-ring (bicyclic) bond motifs is 1. The van der Waals surface area contributed by atoms with Gasteiger partial charge in [-0.15, -0.1) is 5.73 Å². The molecular formula is C24H28N4O3. The second kappa shape index (κ2) is 10.1. The highest BCUT2D eigenvalue weighted by molar-refractivity contribution is 5.95. The molecule has 1 fully saturated rings. The standard InChI is InChI=1S/C24H28N4O3/c1-4-5-20(15-27(2)3)18-6-7-19-14-25-22(13-21(19)12-18)26-24(31)17-8-10-28(11-9-17)16-23(29)30/h5-7,12-15,17H,1,8-11,16H2,2-3H3,(H,29,30)(H,25,26,31)/b20-15+. The number of carbonyl (C=O) groups is 2. The molecule has 0 atom stereocenters. The molecule has 1 aromatic heterocycles. The molecular weight excluding hydrogens is 392 g/mol. The quantitative estimate of drug-likeness (QED) is 0.528. The number of aliphatic carboxylic acids is 1. The third-order valence-electron chi connectivity index (χ3n) is 5.28. The zero-order chi connectivity index (χ0) is 22.4. The summed E-state index contributed by atoms with van der Waals surface area (Å²) in [4.78, 5) is 31.7. The second-order valence-electron chi connectivity index (χ2n) is 7.96. The van der Waals surface area contributed by atoms with Crippen LogP contribution in [0.15, 0.2) is 55.0 Å². The number of hydrogen-bond donors (Lipinski definition) is 2. The predicted molar refractivity (Wildman–Crippen MR) is 123 cm³/mol. The van der Waals surface area contributed by atoms with Crippen molar-refractivity contribution in [1.29, 1.82) is 0 Å². The van der Waals surface area contributed by atoms with E-state index in [-0.39, 0.29) is 18.4 Å². The molecule has 162 valence electrons. The van der Waals surface area contributed by atoms with Crippen molar-refractivity contribution in [3.05, 3.63) is 60.6 Å². The molecule has 3 rings (SSSR count). The molecule has 7 nitrogen and oxygen atoms in total. The average Bonchev–Trinajstić information content (AvgIpc) is 2.72. The van der Waals surface area contributed by atoms with Crippen molar-refractivity contribution >= 4 is 34.0 Å². The maximum Gasteiger partial charge on any atom is 0.317 e. The van der Waals surface area contributed by atoms with Crippen molar-refractivity contribution in [3.8, 4) is 0 Å². The van der Waals surface area contributed by atoms with E-state index in [1.54, 1.807) is 6.20 Å². The van der Waals surface area contributed by atoms with E-state index in [2.05, 4.69) is 28.7 Å². The summed E-state index contributed by atoms with van der Waals surface area (Å²) in [6.45, 7) is 4.91. The number of benzene rings is 1. The number of allylic oxidation sites excluding steroid dienone is 2. The Morgan fingerprint density at radius 3 is 2.68 bits per heavy atom. The first kappa shape index (κ1) is 22.3. The van der Waals surface area contributed by atoms with Crippen LogP contribution in [0.1, 0.15) is 18.4 Å². The number of anilines is 1. The first-order valence-corrected chi connectivity index (χ1v) is 10.2. The summed E-state index contributed by atoms with van der Waals surface area (Å²) in [7, 11) is 3.92. The van der Waals surface area contributed by atoms with E-state index in [1.165, 1.54) is 0 Å². The summed E-state index contributed by atoms with van der Waals surface area (Å²) in [5.41, 5.74) is 4.84. The van der Waals surface area contributed by atoms with Gasteiger partial charge < -0.3 is 15.3 Å². The van der Waals surface area contributed by atoms with Gasteiger partial charge in [0.15, 0.2) is 0 Å². The first-order chi connectivity index (χ1) is 14.9. The monoisotopic (exact) mass is 420 g/mol. The Labute approximate surface area is 182 Å². The van der Waals surface area contributed by atoms with Crippen molar-refractivity contribution < 1.29 is 14.7 Å². The minimum atomic E-state index is -0.838. The summed E-state index contributed by atoms with van der Waals surface area (Å²) in [5, 5.41) is 13.8. The zero-order valence-electron chi connectivity index (χ0n) is 18.0. The van der Waals surface area contributed by atoms with Crippen molar-refractivity contribution in [2.24, 2.45) is 5.92 Å². The number of pyridine rings is 1. The molecule has 2 aromatic rings. The predicted octanol–water partition coefficient (Wildman–Crippen LogP) is 3.21. The van der Waals surface area contributed by atoms with E-state index >= 15 is 0 Å². The molecule has 1 amide bonds. The van der Waals surface area contributed by atoms with Crippen molar-refractivity contribution in [2.75, 3.05) is 39.0 Å². The average molecular weight is 421 g/mol. The second-order valence-corrected chi connectivity index (χ2v) is 7.96. The van der Waals surface area contributed by atoms with Gasteiger partial charge in [0.1, 0.15) is 5.82 Å². The van der Waals surface area contributed by atoms with Crippen LogP contribution in [0.4, 0.5) is 5.82 Å². The van der Waals surface area contributed by atoms with Crippen LogP contribution < -0.4 is 5.32 Å². The van der Waals surface area contributed by atoms with Gasteiger partial charge in [-0.3, -0.25) is 14.5 Å². The van der Waals surface area contributed by atoms with Crippen LogP contribution in [0.2, 0.25) is 0 Å². The van der Waals surface area contributed by atoms with E-state index in [4.69, 9.17) is 5.11 Å². The van der Waals surface area contributed by atoms with Gasteiger partial charge in [0, 0.05) is 43.4 Å². The fraction of sp³-hybridized carbons (Fsp3) is 0.333. The van der Waals surface area contributed by atoms with Crippen molar-refractivity contribution in [3.63, 3.8) is 0 Å². The van der Waals surface area contributed by atoms with Gasteiger partial charge in [-0.25, -0.2) is 4.98 Å². The number of piperidine rings is 1. The van der Waals surface area contributed by atoms with Gasteiger partial charge in [-0.1, -0.05) is 18.7 Å². The van der Waals surface area contributed by atoms with Crippen LogP contribution >= 0.6 is 0 Å². The summed E-state index contributed by atoms with van der Waals surface area (Å²) in [5.74, 6) is -0.531. The fourth-order valence-electron chi connectivity index (χ4n) is 3.74. The van der Waals surface area contributed by atoms with E-state index in [1.807, 2.05) is 54.4 Å². The Balaban J connectivity index is 1.74. The third kappa shape index (κ3) is 6.04. The molecule has 0 radical (unpaired) electrons. The molecule has 1 saturated heterocycles. The molecule has 0 spiro atoms. The highest BCUT2D eigenvalue weighted by atomic mass is 16.4. The zero-order valence-corrected chi connectivity index (χ0v) is 18.0. The maximum atomic E-state index is 12.7. The van der Waals surface area contributed by atoms with Crippen molar-refractivity contribution in [1.82, 2.24) is 14.8 Å². The molecule has 31 heavy (non-hydrogen) atoms. The minimum absolute atomic E-state index is 0.0220. The number of rotatable bonds is 7. The van der Waals surface area contributed by atoms with Crippen LogP contribution in [0.3, 0.4) is 0 Å². The Kier molecular flexibility index (Phi) is 7.23. The normalized spacial score (nSPS) is 15.4. The number of carboxylic acids is 1. The molecule has 0 saturated carbocycles. The van der Waals surface area contributed by atoms with Gasteiger partial charge in [0.05, 0.1) is 6.54 Å². The van der Waals surface area contributed by atoms with Crippen LogP contribution in [-0.4, -0.2) is 65.5 Å². The lowest BCUT2D eigenvalue weighted by molar-refractivity contribution is -0.138. The molecule has 0 aliphatic carbocycles. The number of carboxylic acid groups (broad SMARTS) is 1. The SMILES string of the molecule is C=C=C/C(=C\N(C)C)c1ccc2cnc(NC(=O)C3CCN(CC(=O)O)CC3)cc2c1. The van der Waals surface area contributed by atoms with Crippen LogP contribution in [-0.2, 0) is 9.59 Å². The van der Waals surface area contributed by atoms with Crippen molar-refractivity contribution in [2.45, 2.75) is 12.8 Å². The first-order valence-electron chi connectivity index (χ1n) is 10.2. The number of likely N-dealkylation sites (tertiary alicyclic amines) is 1. The fourth-order valence-corrected chi connectivity index (χ4v) is 3.74. The molecule has 2 N–H and O–H groups in total. The largest absolute Gasteiger partial charge is 0.480 e. The van der Waals surface area contributed by atoms with Gasteiger partial charge in [0.25, 0.3) is 0 Å². The van der Waals surface area contributed by atoms with Crippen LogP contribution in [0.25, 0.3) is 16.3 Å². The number of hydrogen-bond acceptors (Lipinski definition) is 5. The lowest BCUT2D eigenvalue weighted by atomic mass is 9.96. The van der Waals surface area contributed by atoms with Gasteiger partial charge in [0.2, 0.25) is 5.91 Å². The molecule has 0 unspecified atom stereocenters. The Morgan fingerprint density at radius 1 is 1.29 bits per heavy atom. The topological polar surface area (TPSA) is 85.8 Å². The highest BCUT2D eigenvalue weighted by Gasteiger charge is 2.26. The van der Waals surface area contributed by atoms with Gasteiger partial charge in [-0.2, -0.15) is 0 Å². The number of nitrogens with zero attached hydrogens (tertiary/aromatic N) is 3. The number of nitrogens with one attached hydrogen (secondary N) is 1. The lowest BCUT2D eigenvalue weighted by Crippen LogP contribution is -2.40. The Hall–Kier alpha value is -3.41. The molecule has 1 aromatic carbocycles. The van der Waals surface area contributed by atoms with E-state index in [0.29, 0.717) is 31.7 Å². The van der Waals surface area contributed by atoms with Crippen LogP contribution in [0.5, 0.6) is 0 Å². The van der Waals surface area contributed by atoms with Gasteiger partial charge >= 0.3 is 5.97 Å². The number of carbonyl (C=O) groups excluding carboxylic acids is 1. The Morgan fingerprint density at radius 2 is 2.03 bits per heavy atom. The van der Waals surface area contributed by atoms with E-state index in [0.717, 1.165) is 21.9 Å².